The van der Waals surface area contributed by atoms with Gasteiger partial charge < -0.3 is 0 Å². The molecule has 2 nitrogen and oxygen atoms in total. The molecule has 8 heteroatoms. The molecular weight excluding hydrogens is 256 g/mol. The van der Waals surface area contributed by atoms with Crippen LogP contribution in [0.4, 0.5) is 17.1 Å². The Bertz CT molecular complexity index is 441. The molecule has 0 aliphatic rings. The maximum Gasteiger partial charge on any atom is 0.426 e. The van der Waals surface area contributed by atoms with Crippen LogP contribution >= 0.6 is 11.8 Å². The van der Waals surface area contributed by atoms with E-state index in [0.29, 0.717) is 0 Å². The molecule has 0 unspecified atom stereocenters. The third-order valence-electron chi connectivity index (χ3n) is 1.33. The molecule has 1 aromatic carbocycles. The lowest BCUT2D eigenvalue weighted by molar-refractivity contribution is 0.188. The molecule has 0 spiro atoms. The van der Waals surface area contributed by atoms with Crippen molar-refractivity contribution in [2.75, 3.05) is 0 Å². The van der Waals surface area contributed by atoms with Crippen LogP contribution in [-0.2, 0) is 10.2 Å². The van der Waals surface area contributed by atoms with Crippen LogP contribution in [0.25, 0.3) is 0 Å². The normalized spacial score (nSPS) is 12.8. The van der Waals surface area contributed by atoms with Gasteiger partial charge >= 0.3 is 14.8 Å². The Morgan fingerprint density at radius 3 is 2.00 bits per heavy atom. The van der Waals surface area contributed by atoms with Gasteiger partial charge in [-0.3, -0.25) is 0 Å². The molecule has 15 heavy (non-hydrogen) atoms. The molecule has 0 saturated heterocycles. The highest BCUT2D eigenvalue weighted by Gasteiger charge is 2.47. The number of halogens is 4. The van der Waals surface area contributed by atoms with Crippen molar-refractivity contribution in [1.82, 2.24) is 0 Å². The van der Waals surface area contributed by atoms with Gasteiger partial charge in [0.1, 0.15) is 5.82 Å². The van der Waals surface area contributed by atoms with E-state index in [2.05, 4.69) is 0 Å². The molecule has 0 amide bonds. The zero-order valence-corrected chi connectivity index (χ0v) is 8.59. The Balaban J connectivity index is 2.92. The van der Waals surface area contributed by atoms with Crippen LogP contribution < -0.4 is 0 Å². The summed E-state index contributed by atoms with van der Waals surface area (Å²) in [6.07, 6.45) is 0. The maximum absolute atomic E-state index is 12.6. The van der Waals surface area contributed by atoms with Crippen LogP contribution in [0, 0.1) is 5.82 Å². The third-order valence-corrected chi connectivity index (χ3v) is 3.49. The average Bonchev–Trinajstić information content (AvgIpc) is 2.06. The zero-order chi connectivity index (χ0) is 11.7. The molecule has 0 N–H and O–H groups in total. The molecule has 0 fully saturated rings. The molecule has 0 aromatic heterocycles. The largest absolute Gasteiger partial charge is 0.426 e. The molecule has 84 valence electrons. The molecule has 0 aliphatic heterocycles. The number of thioether (sulfide) groups is 1. The summed E-state index contributed by atoms with van der Waals surface area (Å²) in [5, 5.41) is 0. The van der Waals surface area contributed by atoms with Crippen LogP contribution in [0.5, 0.6) is 0 Å². The highest BCUT2D eigenvalue weighted by Crippen LogP contribution is 2.40. The SMILES string of the molecule is O=S(=O)(F)C(F)(F)Sc1ccc(F)cc1. The lowest BCUT2D eigenvalue weighted by atomic mass is 10.4. The second-order valence-corrected chi connectivity index (χ2v) is 5.29. The van der Waals surface area contributed by atoms with Crippen LogP contribution in [0.3, 0.4) is 0 Å². The summed E-state index contributed by atoms with van der Waals surface area (Å²) in [6.45, 7) is 0. The van der Waals surface area contributed by atoms with E-state index in [0.717, 1.165) is 24.3 Å². The standard InChI is InChI=1S/C7H4F4O2S2/c8-5-1-3-6(4-2-5)14-7(9,10)15(11,12)13/h1-4H. The van der Waals surface area contributed by atoms with Crippen LogP contribution in [0.15, 0.2) is 29.2 Å². The fraction of sp³-hybridized carbons (Fsp3) is 0.143. The molecule has 0 saturated carbocycles. The Labute approximate surface area is 87.5 Å². The minimum absolute atomic E-state index is 0.248. The first-order chi connectivity index (χ1) is 6.72. The van der Waals surface area contributed by atoms with Crippen molar-refractivity contribution in [2.24, 2.45) is 0 Å². The summed E-state index contributed by atoms with van der Waals surface area (Å²) < 4.78 is 65.1. The fourth-order valence-electron chi connectivity index (χ4n) is 0.690. The monoisotopic (exact) mass is 260 g/mol. The second-order valence-electron chi connectivity index (χ2n) is 2.46. The van der Waals surface area contributed by atoms with E-state index in [-0.39, 0.29) is 4.90 Å². The summed E-state index contributed by atoms with van der Waals surface area (Å²) in [7, 11) is -5.97. The molecule has 0 bridgehead atoms. The molecule has 0 heterocycles. The zero-order valence-electron chi connectivity index (χ0n) is 6.95. The van der Waals surface area contributed by atoms with E-state index < -0.39 is 32.4 Å². The smallest absolute Gasteiger partial charge is 0.207 e. The average molecular weight is 260 g/mol. The lowest BCUT2D eigenvalue weighted by Crippen LogP contribution is -2.20. The molecule has 0 radical (unpaired) electrons. The molecule has 0 aliphatic carbocycles. The van der Waals surface area contributed by atoms with Crippen molar-refractivity contribution in [1.29, 1.82) is 0 Å². The highest BCUT2D eigenvalue weighted by molar-refractivity contribution is 8.12. The van der Waals surface area contributed by atoms with Crippen LogP contribution in [0.2, 0.25) is 0 Å². The van der Waals surface area contributed by atoms with Gasteiger partial charge in [0.05, 0.1) is 0 Å². The van der Waals surface area contributed by atoms with Crippen molar-refractivity contribution in [2.45, 2.75) is 9.48 Å². The predicted molar refractivity (Wildman–Crippen MR) is 47.2 cm³/mol. The summed E-state index contributed by atoms with van der Waals surface area (Å²) >= 11 is -0.501. The third kappa shape index (κ3) is 3.10. The van der Waals surface area contributed by atoms with Crippen molar-refractivity contribution in [3.63, 3.8) is 0 Å². The Hall–Kier alpha value is -0.760. The number of rotatable bonds is 3. The first-order valence-corrected chi connectivity index (χ1v) is 5.69. The lowest BCUT2D eigenvalue weighted by Gasteiger charge is -2.10. The van der Waals surface area contributed by atoms with Gasteiger partial charge in [0.15, 0.2) is 0 Å². The maximum atomic E-state index is 12.6. The topological polar surface area (TPSA) is 34.1 Å². The van der Waals surface area contributed by atoms with E-state index in [9.17, 15) is 25.5 Å². The van der Waals surface area contributed by atoms with Gasteiger partial charge in [-0.2, -0.15) is 17.2 Å². The molecule has 1 rings (SSSR count). The summed E-state index contributed by atoms with van der Waals surface area (Å²) in [6, 6.07) is 3.59. The fourth-order valence-corrected chi connectivity index (χ4v) is 1.92. The van der Waals surface area contributed by atoms with Gasteiger partial charge in [0.2, 0.25) is 0 Å². The first kappa shape index (κ1) is 12.3. The number of hydrogen-bond donors (Lipinski definition) is 0. The van der Waals surface area contributed by atoms with Crippen LogP contribution in [-0.4, -0.2) is 13.0 Å². The number of hydrogen-bond acceptors (Lipinski definition) is 3. The van der Waals surface area contributed by atoms with Crippen molar-refractivity contribution >= 4 is 22.0 Å². The molecular formula is C7H4F4O2S2. The van der Waals surface area contributed by atoms with Crippen molar-refractivity contribution < 1.29 is 25.5 Å². The minimum atomic E-state index is -5.97. The molecule has 1 aromatic rings. The van der Waals surface area contributed by atoms with Gasteiger partial charge in [0.25, 0.3) is 0 Å². The predicted octanol–water partition coefficient (Wildman–Crippen LogP) is 2.77. The molecule has 0 atom stereocenters. The Morgan fingerprint density at radius 2 is 1.60 bits per heavy atom. The number of benzene rings is 1. The summed E-state index contributed by atoms with van der Waals surface area (Å²) in [4.78, 5) is -0.248. The minimum Gasteiger partial charge on any atom is -0.207 e. The van der Waals surface area contributed by atoms with Gasteiger partial charge in [-0.05, 0) is 36.0 Å². The second kappa shape index (κ2) is 4.01. The highest BCUT2D eigenvalue weighted by atomic mass is 32.3. The Morgan fingerprint density at radius 1 is 1.13 bits per heavy atom. The Kier molecular flexibility index (Phi) is 3.29. The van der Waals surface area contributed by atoms with E-state index in [1.807, 2.05) is 0 Å². The summed E-state index contributed by atoms with van der Waals surface area (Å²) in [5.41, 5.74) is 0. The van der Waals surface area contributed by atoms with Crippen molar-refractivity contribution in [3.05, 3.63) is 30.1 Å². The summed E-state index contributed by atoms with van der Waals surface area (Å²) in [5.74, 6) is -0.661. The van der Waals surface area contributed by atoms with Gasteiger partial charge in [-0.1, -0.05) is 3.89 Å². The first-order valence-electron chi connectivity index (χ1n) is 3.49. The quantitative estimate of drug-likeness (QED) is 0.476. The van der Waals surface area contributed by atoms with E-state index in [1.165, 1.54) is 0 Å². The van der Waals surface area contributed by atoms with E-state index in [1.54, 1.807) is 0 Å². The van der Waals surface area contributed by atoms with Gasteiger partial charge in [-0.15, -0.1) is 0 Å². The number of alkyl halides is 2. The van der Waals surface area contributed by atoms with Crippen LogP contribution in [0.1, 0.15) is 0 Å². The van der Waals surface area contributed by atoms with E-state index >= 15 is 0 Å². The van der Waals surface area contributed by atoms with Crippen molar-refractivity contribution in [3.8, 4) is 0 Å². The van der Waals surface area contributed by atoms with Gasteiger partial charge in [-0.25, -0.2) is 4.39 Å². The van der Waals surface area contributed by atoms with Gasteiger partial charge in [0, 0.05) is 4.90 Å². The van der Waals surface area contributed by atoms with E-state index in [4.69, 9.17) is 0 Å².